The smallest absolute Gasteiger partial charge is 0.243 e. The van der Waals surface area contributed by atoms with Gasteiger partial charge in [-0.05, 0) is 31.5 Å². The van der Waals surface area contributed by atoms with Crippen LogP contribution in [0.1, 0.15) is 25.1 Å². The summed E-state index contributed by atoms with van der Waals surface area (Å²) in [6, 6.07) is 3.67. The van der Waals surface area contributed by atoms with Crippen molar-refractivity contribution in [2.45, 2.75) is 24.2 Å². The van der Waals surface area contributed by atoms with Crippen molar-refractivity contribution in [2.75, 3.05) is 19.7 Å². The van der Waals surface area contributed by atoms with E-state index >= 15 is 0 Å². The normalized spacial score (nSPS) is 19.1. The second kappa shape index (κ2) is 6.25. The van der Waals surface area contributed by atoms with Gasteiger partial charge in [0.15, 0.2) is 17.4 Å². The first-order valence-electron chi connectivity index (χ1n) is 7.21. The lowest BCUT2D eigenvalue weighted by molar-refractivity contribution is 0.321. The van der Waals surface area contributed by atoms with Crippen LogP contribution in [0.15, 0.2) is 34.0 Å². The average molecular weight is 341 g/mol. The van der Waals surface area contributed by atoms with E-state index in [2.05, 4.69) is 10.1 Å². The Kier molecular flexibility index (Phi) is 4.31. The Hall–Kier alpha value is -2.00. The van der Waals surface area contributed by atoms with E-state index in [0.717, 1.165) is 6.07 Å². The van der Waals surface area contributed by atoms with Gasteiger partial charge in [0.05, 0.1) is 11.5 Å². The van der Waals surface area contributed by atoms with E-state index in [4.69, 9.17) is 9.26 Å². The van der Waals surface area contributed by atoms with Gasteiger partial charge in [-0.15, -0.1) is 0 Å². The van der Waals surface area contributed by atoms with E-state index in [9.17, 15) is 12.8 Å². The first-order chi connectivity index (χ1) is 11.0. The van der Waals surface area contributed by atoms with Crippen molar-refractivity contribution >= 4 is 10.0 Å². The fourth-order valence-electron chi connectivity index (χ4n) is 2.58. The van der Waals surface area contributed by atoms with Crippen molar-refractivity contribution in [2.24, 2.45) is 0 Å². The first kappa shape index (κ1) is 15.9. The van der Waals surface area contributed by atoms with Crippen LogP contribution in [0.4, 0.5) is 4.39 Å². The molecular formula is C14H16FN3O4S. The van der Waals surface area contributed by atoms with Crippen LogP contribution in [0, 0.1) is 5.82 Å². The molecule has 1 fully saturated rings. The van der Waals surface area contributed by atoms with Gasteiger partial charge in [-0.25, -0.2) is 12.8 Å². The number of benzene rings is 1. The third-order valence-electron chi connectivity index (χ3n) is 3.74. The van der Waals surface area contributed by atoms with Crippen LogP contribution in [-0.2, 0) is 10.0 Å². The fourth-order valence-corrected chi connectivity index (χ4v) is 4.09. The van der Waals surface area contributed by atoms with E-state index in [-0.39, 0.29) is 23.1 Å². The number of sulfonamides is 1. The Morgan fingerprint density at radius 2 is 2.30 bits per heavy atom. The zero-order valence-electron chi connectivity index (χ0n) is 12.5. The zero-order valence-corrected chi connectivity index (χ0v) is 13.3. The highest BCUT2D eigenvalue weighted by Gasteiger charge is 2.35. The molecule has 7 nitrogen and oxygen atoms in total. The average Bonchev–Trinajstić information content (AvgIpc) is 3.20. The monoisotopic (exact) mass is 341 g/mol. The predicted octanol–water partition coefficient (Wildman–Crippen LogP) is 1.79. The van der Waals surface area contributed by atoms with Crippen LogP contribution in [0.25, 0.3) is 0 Å². The van der Waals surface area contributed by atoms with Crippen LogP contribution in [-0.4, -0.2) is 42.6 Å². The van der Waals surface area contributed by atoms with Gasteiger partial charge in [0.2, 0.25) is 16.4 Å². The maximum absolute atomic E-state index is 13.9. The number of aromatic nitrogens is 2. The molecule has 0 saturated carbocycles. The van der Waals surface area contributed by atoms with Gasteiger partial charge in [-0.3, -0.25) is 0 Å². The van der Waals surface area contributed by atoms with E-state index in [1.165, 1.54) is 22.8 Å². The summed E-state index contributed by atoms with van der Waals surface area (Å²) in [6.45, 7) is 2.61. The molecule has 0 N–H and O–H groups in total. The number of halogens is 1. The molecule has 0 amide bonds. The molecule has 2 heterocycles. The lowest BCUT2D eigenvalue weighted by Crippen LogP contribution is -2.28. The summed E-state index contributed by atoms with van der Waals surface area (Å²) >= 11 is 0. The van der Waals surface area contributed by atoms with Gasteiger partial charge < -0.3 is 9.26 Å². The van der Waals surface area contributed by atoms with Crippen molar-refractivity contribution in [3.8, 4) is 5.75 Å². The SMILES string of the molecule is CCOc1ccc(S(=O)(=O)N2CC[C@@H](c3ncon3)C2)cc1F. The molecule has 124 valence electrons. The number of nitrogens with zero attached hydrogens (tertiary/aromatic N) is 3. The maximum Gasteiger partial charge on any atom is 0.243 e. The van der Waals surface area contributed by atoms with Crippen LogP contribution in [0.3, 0.4) is 0 Å². The topological polar surface area (TPSA) is 85.5 Å². The Labute approximate surface area is 133 Å². The minimum absolute atomic E-state index is 0.0394. The zero-order chi connectivity index (χ0) is 16.4. The van der Waals surface area contributed by atoms with E-state index in [1.807, 2.05) is 0 Å². The van der Waals surface area contributed by atoms with Gasteiger partial charge in [-0.2, -0.15) is 9.29 Å². The maximum atomic E-state index is 13.9. The minimum atomic E-state index is -3.77. The summed E-state index contributed by atoms with van der Waals surface area (Å²) < 4.78 is 50.3. The summed E-state index contributed by atoms with van der Waals surface area (Å²) in [5, 5.41) is 3.75. The van der Waals surface area contributed by atoms with Crippen LogP contribution < -0.4 is 4.74 Å². The van der Waals surface area contributed by atoms with Crippen molar-refractivity contribution in [3.63, 3.8) is 0 Å². The van der Waals surface area contributed by atoms with Crippen molar-refractivity contribution in [1.29, 1.82) is 0 Å². The molecule has 0 bridgehead atoms. The molecular weight excluding hydrogens is 325 g/mol. The van der Waals surface area contributed by atoms with E-state index in [0.29, 0.717) is 25.4 Å². The molecule has 0 spiro atoms. The lowest BCUT2D eigenvalue weighted by Gasteiger charge is -2.16. The van der Waals surface area contributed by atoms with Crippen LogP contribution >= 0.6 is 0 Å². The molecule has 3 rings (SSSR count). The summed E-state index contributed by atoms with van der Waals surface area (Å²) in [5.74, 6) is -0.281. The summed E-state index contributed by atoms with van der Waals surface area (Å²) in [4.78, 5) is 3.87. The van der Waals surface area contributed by atoms with Gasteiger partial charge >= 0.3 is 0 Å². The summed E-state index contributed by atoms with van der Waals surface area (Å²) in [5.41, 5.74) is 0. The molecule has 1 aromatic carbocycles. The third kappa shape index (κ3) is 3.06. The van der Waals surface area contributed by atoms with Crippen LogP contribution in [0.5, 0.6) is 5.75 Å². The van der Waals surface area contributed by atoms with Gasteiger partial charge in [0.25, 0.3) is 0 Å². The van der Waals surface area contributed by atoms with Crippen molar-refractivity contribution in [3.05, 3.63) is 36.2 Å². The molecule has 2 aromatic rings. The minimum Gasteiger partial charge on any atom is -0.491 e. The molecule has 23 heavy (non-hydrogen) atoms. The number of ether oxygens (including phenoxy) is 1. The van der Waals surface area contributed by atoms with Crippen LogP contribution in [0.2, 0.25) is 0 Å². The van der Waals surface area contributed by atoms with Gasteiger partial charge in [-0.1, -0.05) is 5.16 Å². The number of hydrogen-bond acceptors (Lipinski definition) is 6. The Morgan fingerprint density at radius 1 is 1.48 bits per heavy atom. The first-order valence-corrected chi connectivity index (χ1v) is 8.65. The van der Waals surface area contributed by atoms with Gasteiger partial charge in [0.1, 0.15) is 0 Å². The summed E-state index contributed by atoms with van der Waals surface area (Å²) in [6.07, 6.45) is 1.81. The predicted molar refractivity (Wildman–Crippen MR) is 78.0 cm³/mol. The number of hydrogen-bond donors (Lipinski definition) is 0. The molecule has 1 saturated heterocycles. The molecule has 0 radical (unpaired) electrons. The second-order valence-corrected chi connectivity index (χ2v) is 7.10. The fraction of sp³-hybridized carbons (Fsp3) is 0.429. The third-order valence-corrected chi connectivity index (χ3v) is 5.60. The Balaban J connectivity index is 1.81. The molecule has 1 aliphatic rings. The second-order valence-electron chi connectivity index (χ2n) is 5.16. The molecule has 0 aliphatic carbocycles. The molecule has 1 atom stereocenters. The van der Waals surface area contributed by atoms with Crippen molar-refractivity contribution in [1.82, 2.24) is 14.4 Å². The molecule has 0 unspecified atom stereocenters. The quantitative estimate of drug-likeness (QED) is 0.824. The largest absolute Gasteiger partial charge is 0.491 e. The highest BCUT2D eigenvalue weighted by atomic mass is 32.2. The Morgan fingerprint density at radius 3 is 2.96 bits per heavy atom. The molecule has 1 aliphatic heterocycles. The highest BCUT2D eigenvalue weighted by molar-refractivity contribution is 7.89. The van der Waals surface area contributed by atoms with Crippen molar-refractivity contribution < 1.29 is 22.1 Å². The standard InChI is InChI=1S/C14H16FN3O4S/c1-2-21-13-4-3-11(7-12(13)15)23(19,20)18-6-5-10(8-18)14-16-9-22-17-14/h3-4,7,9-10H,2,5-6,8H2,1H3/t10-/m1/s1. The van der Waals surface area contributed by atoms with E-state index < -0.39 is 15.8 Å². The van der Waals surface area contributed by atoms with E-state index in [1.54, 1.807) is 6.92 Å². The molecule has 1 aromatic heterocycles. The summed E-state index contributed by atoms with van der Waals surface area (Å²) in [7, 11) is -3.77. The number of rotatable bonds is 5. The Bertz CT molecular complexity index is 779. The lowest BCUT2D eigenvalue weighted by atomic mass is 10.1. The highest BCUT2D eigenvalue weighted by Crippen LogP contribution is 2.30. The molecule has 9 heteroatoms. The van der Waals surface area contributed by atoms with Gasteiger partial charge in [0, 0.05) is 19.0 Å².